The zero-order chi connectivity index (χ0) is 19.2. The lowest BCUT2D eigenvalue weighted by Gasteiger charge is -2.04. The van der Waals surface area contributed by atoms with Gasteiger partial charge in [0.1, 0.15) is 0 Å². The largest absolute Gasteiger partial charge is 0.344 e. The van der Waals surface area contributed by atoms with E-state index in [4.69, 9.17) is 17.3 Å². The monoisotopic (exact) mass is 428 g/mol. The summed E-state index contributed by atoms with van der Waals surface area (Å²) in [6.07, 6.45) is 22.6. The third-order valence-electron chi connectivity index (χ3n) is 4.69. The van der Waals surface area contributed by atoms with Crippen LogP contribution in [0, 0.1) is 5.92 Å². The molecule has 2 nitrogen and oxygen atoms in total. The first-order chi connectivity index (χ1) is 12.0. The topological polar surface area (TPSA) is 61.0 Å². The van der Waals surface area contributed by atoms with Gasteiger partial charge in [-0.05, 0) is 32.2 Å². The molecule has 0 saturated carbocycles. The van der Waals surface area contributed by atoms with E-state index >= 15 is 0 Å². The molecule has 0 aliphatic rings. The summed E-state index contributed by atoms with van der Waals surface area (Å²) in [5, 5.41) is 0.295. The average Bonchev–Trinajstić information content (AvgIpc) is 2.57. The lowest BCUT2D eigenvalue weighted by molar-refractivity contribution is 0.503. The highest BCUT2D eigenvalue weighted by molar-refractivity contribution is 6.20. The fourth-order valence-corrected chi connectivity index (χ4v) is 3.12. The first-order valence-corrected chi connectivity index (χ1v) is 11.8. The van der Waals surface area contributed by atoms with Crippen LogP contribution in [0.5, 0.6) is 0 Å². The molecule has 170 valence electrons. The molecule has 0 spiro atoms. The highest BCUT2D eigenvalue weighted by Crippen LogP contribution is 2.14. The van der Waals surface area contributed by atoms with Crippen LogP contribution >= 0.6 is 24.0 Å². The number of halogens is 2. The molecule has 27 heavy (non-hydrogen) atoms. The molecule has 0 heterocycles. The van der Waals surface area contributed by atoms with Crippen LogP contribution in [0.15, 0.2) is 0 Å². The maximum atomic E-state index is 5.60. The third kappa shape index (κ3) is 41.8. The van der Waals surface area contributed by atoms with Crippen LogP contribution in [0.1, 0.15) is 130 Å². The minimum atomic E-state index is 0. The summed E-state index contributed by atoms with van der Waals surface area (Å²) in [6.45, 7) is 9.70. The van der Waals surface area contributed by atoms with Crippen LogP contribution in [0.2, 0.25) is 0 Å². The van der Waals surface area contributed by atoms with Gasteiger partial charge in [0.2, 0.25) is 0 Å². The van der Waals surface area contributed by atoms with Gasteiger partial charge in [-0.25, -0.2) is 0 Å². The Morgan fingerprint density at radius 1 is 0.630 bits per heavy atom. The fourth-order valence-electron chi connectivity index (χ4n) is 2.97. The lowest BCUT2D eigenvalue weighted by atomic mass is 10.0. The first-order valence-electron chi connectivity index (χ1n) is 11.4. The Kier molecular flexibility index (Phi) is 40.4. The van der Waals surface area contributed by atoms with E-state index in [0.29, 0.717) is 5.38 Å². The van der Waals surface area contributed by atoms with E-state index in [9.17, 15) is 0 Å². The summed E-state index contributed by atoms with van der Waals surface area (Å²) < 4.78 is 0. The Hall–Kier alpha value is 0.500. The molecule has 0 fully saturated rings. The lowest BCUT2D eigenvalue weighted by Crippen LogP contribution is -2.01. The second-order valence-corrected chi connectivity index (χ2v) is 8.88. The van der Waals surface area contributed by atoms with Gasteiger partial charge in [-0.3, -0.25) is 0 Å². The third-order valence-corrected chi connectivity index (χ3v) is 4.91. The van der Waals surface area contributed by atoms with E-state index < -0.39 is 0 Å². The quantitative estimate of drug-likeness (QED) is 0.179. The number of nitrogens with two attached hydrogens (primary N) is 1. The van der Waals surface area contributed by atoms with Crippen molar-refractivity contribution in [3.8, 4) is 0 Å². The second-order valence-electron chi connectivity index (χ2n) is 8.14. The smallest absolute Gasteiger partial charge is 0.0308 e. The predicted octanol–water partition coefficient (Wildman–Crippen LogP) is 9.06. The fraction of sp³-hybridized carbons (Fsp3) is 1.00. The van der Waals surface area contributed by atoms with Gasteiger partial charge in [-0.2, -0.15) is 0 Å². The van der Waals surface area contributed by atoms with Crippen LogP contribution in [0.25, 0.3) is 0 Å². The molecular weight excluding hydrogens is 375 g/mol. The van der Waals surface area contributed by atoms with Crippen molar-refractivity contribution >= 4 is 24.0 Å². The van der Waals surface area contributed by atoms with Crippen molar-refractivity contribution in [1.29, 1.82) is 0 Å². The number of rotatable bonds is 17. The molecule has 5 N–H and O–H groups in total. The molecule has 0 amide bonds. The Labute approximate surface area is 184 Å². The highest BCUT2D eigenvalue weighted by atomic mass is 35.5. The van der Waals surface area contributed by atoms with Gasteiger partial charge < -0.3 is 11.9 Å². The van der Waals surface area contributed by atoms with Gasteiger partial charge in [0.05, 0.1) is 0 Å². The van der Waals surface area contributed by atoms with Gasteiger partial charge in [-0.1, -0.05) is 111 Å². The predicted molar refractivity (Wildman–Crippen MR) is 131 cm³/mol. The first kappa shape index (κ1) is 35.0. The van der Waals surface area contributed by atoms with E-state index in [2.05, 4.69) is 20.8 Å². The summed E-state index contributed by atoms with van der Waals surface area (Å²) in [4.78, 5) is 0. The van der Waals surface area contributed by atoms with Crippen molar-refractivity contribution < 1.29 is 0 Å². The highest BCUT2D eigenvalue weighted by Gasteiger charge is 1.95. The van der Waals surface area contributed by atoms with Gasteiger partial charge in [0.25, 0.3) is 0 Å². The summed E-state index contributed by atoms with van der Waals surface area (Å²) in [6, 6.07) is 0. The number of hydrogen-bond donors (Lipinski definition) is 2. The van der Waals surface area contributed by atoms with E-state index in [1.165, 1.54) is 89.9 Å². The molecule has 0 aromatic heterocycles. The zero-order valence-electron chi connectivity index (χ0n) is 19.2. The minimum absolute atomic E-state index is 0. The number of alkyl halides is 1. The molecule has 0 bridgehead atoms. The zero-order valence-corrected chi connectivity index (χ0v) is 20.8. The summed E-state index contributed by atoms with van der Waals surface area (Å²) in [5.41, 5.74) is 5.22. The van der Waals surface area contributed by atoms with E-state index in [1.54, 1.807) is 0 Å². The normalized spacial score (nSPS) is 11.2. The van der Waals surface area contributed by atoms with E-state index in [-0.39, 0.29) is 18.6 Å². The molecule has 1 atom stereocenters. The molecule has 0 aromatic carbocycles. The van der Waals surface area contributed by atoms with Crippen molar-refractivity contribution in [2.24, 2.45) is 11.7 Å². The molecule has 0 aliphatic carbocycles. The minimum Gasteiger partial charge on any atom is -0.344 e. The van der Waals surface area contributed by atoms with Crippen LogP contribution in [0.4, 0.5) is 0 Å². The molecule has 0 aliphatic heterocycles. The molecule has 0 saturated heterocycles. The van der Waals surface area contributed by atoms with Crippen LogP contribution < -0.4 is 11.9 Å². The van der Waals surface area contributed by atoms with Crippen molar-refractivity contribution in [3.05, 3.63) is 0 Å². The Morgan fingerprint density at radius 2 is 1.00 bits per heavy atom. The average molecular weight is 430 g/mol. The van der Waals surface area contributed by atoms with Gasteiger partial charge in [0, 0.05) is 5.38 Å². The van der Waals surface area contributed by atoms with Crippen LogP contribution in [0.3, 0.4) is 0 Å². The summed E-state index contributed by atoms with van der Waals surface area (Å²) in [5.74, 6) is 0.901. The molecule has 0 rings (SSSR count). The van der Waals surface area contributed by atoms with Gasteiger partial charge >= 0.3 is 0 Å². The van der Waals surface area contributed by atoms with E-state index in [0.717, 1.165) is 25.3 Å². The van der Waals surface area contributed by atoms with E-state index in [1.807, 2.05) is 6.92 Å². The Bertz CT molecular complexity index is 224. The summed E-state index contributed by atoms with van der Waals surface area (Å²) >= 11 is 5.60. The van der Waals surface area contributed by atoms with Crippen molar-refractivity contribution in [3.63, 3.8) is 0 Å². The maximum Gasteiger partial charge on any atom is 0.0308 e. The van der Waals surface area contributed by atoms with Crippen LogP contribution in [-0.2, 0) is 0 Å². The van der Waals surface area contributed by atoms with Crippen molar-refractivity contribution in [2.75, 3.05) is 6.54 Å². The Balaban J connectivity index is -0.000000252. The molecule has 0 aromatic rings. The molecule has 0 radical (unpaired) electrons. The Morgan fingerprint density at radius 3 is 1.26 bits per heavy atom. The van der Waals surface area contributed by atoms with Crippen LogP contribution in [-0.4, -0.2) is 11.9 Å². The van der Waals surface area contributed by atoms with Gasteiger partial charge in [-0.15, -0.1) is 24.0 Å². The molecule has 1 unspecified atom stereocenters. The summed E-state index contributed by atoms with van der Waals surface area (Å²) in [7, 11) is 0. The standard InChI is InChI=1S/C18H38.C5H12ClN.ClH.H3N/c1-4-5-6-7-8-9-10-11-12-13-14-15-16-17-18(2)3;1-5(6)3-2-4-7;;/h18H,4-17H2,1-3H3;5H,2-4,7H2,1H3;1H;1H3. The van der Waals surface area contributed by atoms with Crippen molar-refractivity contribution in [1.82, 2.24) is 6.15 Å². The number of unbranched alkanes of at least 4 members (excludes halogenated alkanes) is 12. The van der Waals surface area contributed by atoms with Gasteiger partial charge in [0.15, 0.2) is 0 Å². The van der Waals surface area contributed by atoms with Crippen molar-refractivity contribution in [2.45, 2.75) is 136 Å². The SMILES string of the molecule is CC(Cl)CCCN.CCCCCCCCCCCCCCCC(C)C.Cl.N. The molecule has 4 heteroatoms. The molecular formula is C23H54Cl2N2. The maximum absolute atomic E-state index is 5.60. The second kappa shape index (κ2) is 31.2. The number of hydrogen-bond acceptors (Lipinski definition) is 2.